The first-order chi connectivity index (χ1) is 7.32. The van der Waals surface area contributed by atoms with Crippen LogP contribution in [0, 0.1) is 0 Å². The number of hydrogen-bond donors (Lipinski definition) is 1. The van der Waals surface area contributed by atoms with Crippen LogP contribution >= 0.6 is 0 Å². The van der Waals surface area contributed by atoms with Gasteiger partial charge in [0.2, 0.25) is 0 Å². The van der Waals surface area contributed by atoms with Crippen LogP contribution in [0.2, 0.25) is 0 Å². The minimum atomic E-state index is -1.13. The van der Waals surface area contributed by atoms with E-state index in [1.54, 1.807) is 0 Å². The summed E-state index contributed by atoms with van der Waals surface area (Å²) in [4.78, 5) is 3.89. The summed E-state index contributed by atoms with van der Waals surface area (Å²) in [7, 11) is -1.35. The molecule has 1 aliphatic rings. The first kappa shape index (κ1) is 15.4. The molecule has 1 N–H and O–H groups in total. The maximum Gasteiger partial charge on any atom is 0.258 e. The van der Waals surface area contributed by atoms with Gasteiger partial charge in [-0.3, -0.25) is 0 Å². The zero-order chi connectivity index (χ0) is 13.6. The van der Waals surface area contributed by atoms with Crippen molar-refractivity contribution in [3.8, 4) is 0 Å². The molecular weight excluding hydrogens is 242 g/mol. The lowest BCUT2D eigenvalue weighted by Crippen LogP contribution is -2.84. The van der Waals surface area contributed by atoms with Gasteiger partial charge in [0.05, 0.1) is 0 Å². The topological polar surface area (TPSA) is 18.5 Å². The molecule has 3 nitrogen and oxygen atoms in total. The normalized spacial score (nSPS) is 26.3. The molecule has 1 saturated heterocycles. The predicted octanol–water partition coefficient (Wildman–Crippen LogP) is 1.31. The van der Waals surface area contributed by atoms with Gasteiger partial charge in [0.15, 0.2) is 9.84 Å². The average Bonchev–Trinajstić information content (AvgIpc) is 1.90. The van der Waals surface area contributed by atoms with Gasteiger partial charge < -0.3 is 13.4 Å². The second kappa shape index (κ2) is 4.45. The molecule has 0 atom stereocenters. The van der Waals surface area contributed by atoms with Crippen molar-refractivity contribution in [2.45, 2.75) is 78.9 Å². The first-order valence-electron chi connectivity index (χ1n) is 6.63. The van der Waals surface area contributed by atoms with Gasteiger partial charge in [-0.05, 0) is 62.3 Å². The predicted molar refractivity (Wildman–Crippen MR) is 81.8 cm³/mol. The maximum absolute atomic E-state index is 3.89. The van der Waals surface area contributed by atoms with Gasteiger partial charge in [-0.15, -0.1) is 0 Å². The van der Waals surface area contributed by atoms with Crippen LogP contribution < -0.4 is 4.98 Å². The molecule has 0 aromatic heterocycles. The standard InChI is InChI=1S/C12H31N3Si2/c1-10(2,3)13-17-14(11(4,5)6)16-15(17)12(7,8)9/h13,17H,16H2,1-9H3. The fourth-order valence-electron chi connectivity index (χ4n) is 2.09. The average molecular weight is 274 g/mol. The summed E-state index contributed by atoms with van der Waals surface area (Å²) in [6.45, 7) is 20.9. The van der Waals surface area contributed by atoms with Crippen molar-refractivity contribution < 1.29 is 0 Å². The van der Waals surface area contributed by atoms with Crippen LogP contribution in [0.4, 0.5) is 0 Å². The summed E-state index contributed by atoms with van der Waals surface area (Å²) in [6.07, 6.45) is 0. The molecule has 0 amide bonds. The van der Waals surface area contributed by atoms with Crippen LogP contribution in [0.5, 0.6) is 0 Å². The molecular formula is C12H31N3Si2. The largest absolute Gasteiger partial charge is 0.312 e. The van der Waals surface area contributed by atoms with Crippen molar-refractivity contribution in [1.29, 1.82) is 0 Å². The number of rotatable bonds is 1. The zero-order valence-corrected chi connectivity index (χ0v) is 15.7. The van der Waals surface area contributed by atoms with Gasteiger partial charge in [-0.25, -0.2) is 0 Å². The quantitative estimate of drug-likeness (QED) is 0.727. The Morgan fingerprint density at radius 2 is 1.12 bits per heavy atom. The Kier molecular flexibility index (Phi) is 4.03. The molecule has 0 spiro atoms. The van der Waals surface area contributed by atoms with E-state index in [1.807, 2.05) is 0 Å². The molecule has 1 aliphatic heterocycles. The van der Waals surface area contributed by atoms with E-state index in [0.29, 0.717) is 11.1 Å². The van der Waals surface area contributed by atoms with Crippen molar-refractivity contribution in [2.24, 2.45) is 0 Å². The number of nitrogens with zero attached hydrogens (tertiary/aromatic N) is 2. The van der Waals surface area contributed by atoms with Crippen molar-refractivity contribution in [3.05, 3.63) is 0 Å². The second-order valence-corrected chi connectivity index (χ2v) is 13.6. The minimum Gasteiger partial charge on any atom is -0.312 e. The van der Waals surface area contributed by atoms with E-state index in [4.69, 9.17) is 0 Å². The second-order valence-electron chi connectivity index (χ2n) is 8.19. The van der Waals surface area contributed by atoms with Crippen molar-refractivity contribution in [2.75, 3.05) is 0 Å². The monoisotopic (exact) mass is 273 g/mol. The fourth-order valence-corrected chi connectivity index (χ4v) is 8.78. The van der Waals surface area contributed by atoms with E-state index >= 15 is 0 Å². The lowest BCUT2D eigenvalue weighted by molar-refractivity contribution is 0.219. The first-order valence-corrected chi connectivity index (χ1v) is 9.51. The Bertz CT molecular complexity index is 253. The molecule has 102 valence electrons. The third-order valence-electron chi connectivity index (χ3n) is 3.18. The Hall–Kier alpha value is 0.314. The molecule has 17 heavy (non-hydrogen) atoms. The smallest absolute Gasteiger partial charge is 0.258 e. The number of hydrogen-bond acceptors (Lipinski definition) is 3. The van der Waals surface area contributed by atoms with E-state index in [0.717, 1.165) is 0 Å². The van der Waals surface area contributed by atoms with Gasteiger partial charge in [0, 0.05) is 16.6 Å². The van der Waals surface area contributed by atoms with Crippen LogP contribution in [0.1, 0.15) is 62.3 Å². The highest BCUT2D eigenvalue weighted by molar-refractivity contribution is 6.76. The third kappa shape index (κ3) is 3.89. The van der Waals surface area contributed by atoms with E-state index in [2.05, 4.69) is 75.8 Å². The lowest BCUT2D eigenvalue weighted by Gasteiger charge is -2.61. The molecule has 1 fully saturated rings. The zero-order valence-electron chi connectivity index (χ0n) is 13.2. The molecule has 0 bridgehead atoms. The summed E-state index contributed by atoms with van der Waals surface area (Å²) in [5, 5.41) is 0. The highest BCUT2D eigenvalue weighted by Crippen LogP contribution is 2.29. The molecule has 0 unspecified atom stereocenters. The SMILES string of the molecule is CC(C)(C)N[SiH]1N(C(C)(C)C)[SiH2]N1C(C)(C)C. The van der Waals surface area contributed by atoms with E-state index in [-0.39, 0.29) is 15.4 Å². The minimum absolute atomic E-state index is 0.221. The van der Waals surface area contributed by atoms with Crippen LogP contribution in [0.25, 0.3) is 0 Å². The Labute approximate surface area is 112 Å². The Balaban J connectivity index is 2.81. The van der Waals surface area contributed by atoms with E-state index in [9.17, 15) is 0 Å². The van der Waals surface area contributed by atoms with Gasteiger partial charge in [0.1, 0.15) is 0 Å². The van der Waals surface area contributed by atoms with E-state index < -0.39 is 9.28 Å². The maximum atomic E-state index is 3.89. The summed E-state index contributed by atoms with van der Waals surface area (Å²) >= 11 is 0. The van der Waals surface area contributed by atoms with Gasteiger partial charge in [-0.1, -0.05) is 0 Å². The van der Waals surface area contributed by atoms with E-state index in [1.165, 1.54) is 0 Å². The van der Waals surface area contributed by atoms with Crippen LogP contribution in [0.15, 0.2) is 0 Å². The molecule has 0 aliphatic carbocycles. The Morgan fingerprint density at radius 3 is 1.35 bits per heavy atom. The molecule has 0 saturated carbocycles. The van der Waals surface area contributed by atoms with Crippen LogP contribution in [-0.4, -0.2) is 44.2 Å². The molecule has 0 aromatic carbocycles. The van der Waals surface area contributed by atoms with Crippen molar-refractivity contribution in [1.82, 2.24) is 13.4 Å². The molecule has 0 radical (unpaired) electrons. The summed E-state index contributed by atoms with van der Waals surface area (Å²) in [5.74, 6) is 0. The Morgan fingerprint density at radius 1 is 0.765 bits per heavy atom. The van der Waals surface area contributed by atoms with Gasteiger partial charge in [0.25, 0.3) is 9.28 Å². The lowest BCUT2D eigenvalue weighted by atomic mass is 10.1. The van der Waals surface area contributed by atoms with Gasteiger partial charge in [-0.2, -0.15) is 0 Å². The number of nitrogens with one attached hydrogen (secondary N) is 1. The summed E-state index contributed by atoms with van der Waals surface area (Å²) < 4.78 is 5.59. The van der Waals surface area contributed by atoms with Crippen LogP contribution in [-0.2, 0) is 0 Å². The fraction of sp³-hybridized carbons (Fsp3) is 1.00. The van der Waals surface area contributed by atoms with Crippen LogP contribution in [0.3, 0.4) is 0 Å². The third-order valence-corrected chi connectivity index (χ3v) is 12.6. The summed E-state index contributed by atoms with van der Waals surface area (Å²) in [6, 6.07) is 0. The molecule has 1 heterocycles. The highest BCUT2D eigenvalue weighted by Gasteiger charge is 2.49. The highest BCUT2D eigenvalue weighted by atomic mass is 28.4. The molecule has 1 rings (SSSR count). The molecule has 5 heteroatoms. The van der Waals surface area contributed by atoms with Gasteiger partial charge >= 0.3 is 0 Å². The molecule has 0 aromatic rings. The van der Waals surface area contributed by atoms with Crippen molar-refractivity contribution >= 4 is 19.1 Å². The summed E-state index contributed by atoms with van der Waals surface area (Å²) in [5.41, 5.74) is 0.894. The van der Waals surface area contributed by atoms with Crippen molar-refractivity contribution in [3.63, 3.8) is 0 Å².